The number of nitrogens with zero attached hydrogens (tertiary/aromatic N) is 1. The van der Waals surface area contributed by atoms with Crippen molar-refractivity contribution in [1.29, 1.82) is 0 Å². The van der Waals surface area contributed by atoms with Gasteiger partial charge in [-0.1, -0.05) is 42.5 Å². The Balaban J connectivity index is 2.02. The Morgan fingerprint density at radius 2 is 1.74 bits per heavy atom. The van der Waals surface area contributed by atoms with Crippen LogP contribution in [0, 0.1) is 0 Å². The topological polar surface area (TPSA) is 41.9 Å². The molecule has 4 heteroatoms. The Morgan fingerprint density at radius 1 is 1.04 bits per heavy atom. The standard InChI is InChI=1S/C19H25NO3/c1-20(13-17(21)14-22-2)12-15-8-10-16(11-9-15)18-6-4-5-7-19(18)23-3/h4-11,17,21H,12-14H2,1-3H3. The molecular weight excluding hydrogens is 290 g/mol. The zero-order valence-electron chi connectivity index (χ0n) is 14.0. The highest BCUT2D eigenvalue weighted by Gasteiger charge is 2.09. The lowest BCUT2D eigenvalue weighted by Crippen LogP contribution is -2.31. The molecular formula is C19H25NO3. The Hall–Kier alpha value is -1.88. The first-order valence-electron chi connectivity index (χ1n) is 7.72. The fourth-order valence-electron chi connectivity index (χ4n) is 2.65. The van der Waals surface area contributed by atoms with Crippen LogP contribution in [-0.4, -0.2) is 50.5 Å². The molecule has 2 aromatic carbocycles. The fourth-order valence-corrected chi connectivity index (χ4v) is 2.65. The van der Waals surface area contributed by atoms with Gasteiger partial charge in [-0.3, -0.25) is 4.90 Å². The predicted molar refractivity (Wildman–Crippen MR) is 92.6 cm³/mol. The monoisotopic (exact) mass is 315 g/mol. The fraction of sp³-hybridized carbons (Fsp3) is 0.368. The average molecular weight is 315 g/mol. The lowest BCUT2D eigenvalue weighted by Gasteiger charge is -2.20. The van der Waals surface area contributed by atoms with Gasteiger partial charge in [0.05, 0.1) is 19.8 Å². The molecule has 0 fully saturated rings. The number of hydrogen-bond donors (Lipinski definition) is 1. The van der Waals surface area contributed by atoms with Crippen molar-refractivity contribution in [3.8, 4) is 16.9 Å². The second kappa shape index (κ2) is 8.67. The third-order valence-electron chi connectivity index (χ3n) is 3.71. The largest absolute Gasteiger partial charge is 0.496 e. The maximum absolute atomic E-state index is 9.77. The number of ether oxygens (including phenoxy) is 2. The molecule has 1 N–H and O–H groups in total. The summed E-state index contributed by atoms with van der Waals surface area (Å²) < 4.78 is 10.4. The summed E-state index contributed by atoms with van der Waals surface area (Å²) in [4.78, 5) is 2.09. The van der Waals surface area contributed by atoms with Crippen molar-refractivity contribution >= 4 is 0 Å². The minimum atomic E-state index is -0.460. The number of benzene rings is 2. The highest BCUT2D eigenvalue weighted by atomic mass is 16.5. The molecule has 0 spiro atoms. The van der Waals surface area contributed by atoms with E-state index in [2.05, 4.69) is 35.2 Å². The van der Waals surface area contributed by atoms with Gasteiger partial charge in [-0.15, -0.1) is 0 Å². The van der Waals surface area contributed by atoms with E-state index in [9.17, 15) is 5.11 Å². The first kappa shape index (κ1) is 17.5. The number of likely N-dealkylation sites (N-methyl/N-ethyl adjacent to an activating group) is 1. The van der Waals surface area contributed by atoms with E-state index in [1.165, 1.54) is 5.56 Å². The first-order valence-corrected chi connectivity index (χ1v) is 7.72. The van der Waals surface area contributed by atoms with E-state index in [0.717, 1.165) is 23.4 Å². The summed E-state index contributed by atoms with van der Waals surface area (Å²) in [7, 11) is 5.28. The van der Waals surface area contributed by atoms with Crippen LogP contribution < -0.4 is 4.74 Å². The lowest BCUT2D eigenvalue weighted by molar-refractivity contribution is 0.0419. The first-order chi connectivity index (χ1) is 11.1. The summed E-state index contributed by atoms with van der Waals surface area (Å²) in [5.41, 5.74) is 3.43. The highest BCUT2D eigenvalue weighted by molar-refractivity contribution is 5.70. The molecule has 0 saturated heterocycles. The van der Waals surface area contributed by atoms with Gasteiger partial charge in [0.1, 0.15) is 5.75 Å². The number of rotatable bonds is 8. The van der Waals surface area contributed by atoms with Gasteiger partial charge in [-0.25, -0.2) is 0 Å². The van der Waals surface area contributed by atoms with Crippen LogP contribution in [0.15, 0.2) is 48.5 Å². The zero-order chi connectivity index (χ0) is 16.7. The second-order valence-corrected chi connectivity index (χ2v) is 5.70. The van der Waals surface area contributed by atoms with E-state index < -0.39 is 6.10 Å². The Labute approximate surface area is 138 Å². The summed E-state index contributed by atoms with van der Waals surface area (Å²) >= 11 is 0. The van der Waals surface area contributed by atoms with E-state index in [0.29, 0.717) is 13.2 Å². The van der Waals surface area contributed by atoms with E-state index in [4.69, 9.17) is 9.47 Å². The van der Waals surface area contributed by atoms with E-state index in [1.54, 1.807) is 14.2 Å². The van der Waals surface area contributed by atoms with Gasteiger partial charge in [0.25, 0.3) is 0 Å². The molecule has 0 radical (unpaired) electrons. The van der Waals surface area contributed by atoms with Crippen molar-refractivity contribution in [2.24, 2.45) is 0 Å². The third-order valence-corrected chi connectivity index (χ3v) is 3.71. The molecule has 23 heavy (non-hydrogen) atoms. The number of methoxy groups -OCH3 is 2. The lowest BCUT2D eigenvalue weighted by atomic mass is 10.0. The van der Waals surface area contributed by atoms with Gasteiger partial charge in [0.15, 0.2) is 0 Å². The molecule has 0 heterocycles. The van der Waals surface area contributed by atoms with Gasteiger partial charge in [0, 0.05) is 25.8 Å². The third kappa shape index (κ3) is 5.06. The summed E-state index contributed by atoms with van der Waals surface area (Å²) in [5, 5.41) is 9.77. The molecule has 2 rings (SSSR count). The average Bonchev–Trinajstić information content (AvgIpc) is 2.55. The van der Waals surface area contributed by atoms with Crippen LogP contribution in [0.5, 0.6) is 5.75 Å². The van der Waals surface area contributed by atoms with Crippen LogP contribution >= 0.6 is 0 Å². The maximum Gasteiger partial charge on any atom is 0.126 e. The maximum atomic E-state index is 9.77. The molecule has 0 bridgehead atoms. The molecule has 0 aliphatic carbocycles. The molecule has 0 aliphatic heterocycles. The van der Waals surface area contributed by atoms with Gasteiger partial charge < -0.3 is 14.6 Å². The van der Waals surface area contributed by atoms with Gasteiger partial charge in [0.2, 0.25) is 0 Å². The van der Waals surface area contributed by atoms with Crippen molar-refractivity contribution in [3.63, 3.8) is 0 Å². The molecule has 0 aliphatic rings. The number of aliphatic hydroxyl groups excluding tert-OH is 1. The van der Waals surface area contributed by atoms with Crippen LogP contribution in [0.2, 0.25) is 0 Å². The predicted octanol–water partition coefficient (Wildman–Crippen LogP) is 2.80. The van der Waals surface area contributed by atoms with Crippen molar-refractivity contribution < 1.29 is 14.6 Å². The smallest absolute Gasteiger partial charge is 0.126 e. The number of hydrogen-bond acceptors (Lipinski definition) is 4. The van der Waals surface area contributed by atoms with Crippen molar-refractivity contribution in [3.05, 3.63) is 54.1 Å². The molecule has 124 valence electrons. The molecule has 2 aromatic rings. The number of aliphatic hydroxyl groups is 1. The Kier molecular flexibility index (Phi) is 6.59. The van der Waals surface area contributed by atoms with E-state index in [1.807, 2.05) is 25.2 Å². The molecule has 0 saturated carbocycles. The zero-order valence-corrected chi connectivity index (χ0v) is 14.0. The Bertz CT molecular complexity index is 598. The minimum absolute atomic E-state index is 0.358. The molecule has 4 nitrogen and oxygen atoms in total. The van der Waals surface area contributed by atoms with Gasteiger partial charge in [-0.2, -0.15) is 0 Å². The summed E-state index contributed by atoms with van der Waals surface area (Å²) in [6.45, 7) is 1.73. The summed E-state index contributed by atoms with van der Waals surface area (Å²) in [6.07, 6.45) is -0.460. The molecule has 1 unspecified atom stereocenters. The van der Waals surface area contributed by atoms with Crippen LogP contribution in [0.1, 0.15) is 5.56 Å². The van der Waals surface area contributed by atoms with Gasteiger partial charge in [-0.05, 0) is 24.2 Å². The van der Waals surface area contributed by atoms with E-state index in [-0.39, 0.29) is 0 Å². The Morgan fingerprint density at radius 3 is 2.39 bits per heavy atom. The van der Waals surface area contributed by atoms with Crippen LogP contribution in [0.4, 0.5) is 0 Å². The minimum Gasteiger partial charge on any atom is -0.496 e. The molecule has 1 atom stereocenters. The summed E-state index contributed by atoms with van der Waals surface area (Å²) in [6, 6.07) is 16.4. The normalized spacial score (nSPS) is 12.4. The van der Waals surface area contributed by atoms with Crippen LogP contribution in [0.3, 0.4) is 0 Å². The second-order valence-electron chi connectivity index (χ2n) is 5.70. The number of para-hydroxylation sites is 1. The quantitative estimate of drug-likeness (QED) is 0.813. The molecule has 0 aromatic heterocycles. The summed E-state index contributed by atoms with van der Waals surface area (Å²) in [5.74, 6) is 0.875. The van der Waals surface area contributed by atoms with Crippen molar-refractivity contribution in [2.75, 3.05) is 34.4 Å². The van der Waals surface area contributed by atoms with Gasteiger partial charge >= 0.3 is 0 Å². The van der Waals surface area contributed by atoms with E-state index >= 15 is 0 Å². The van der Waals surface area contributed by atoms with Crippen LogP contribution in [-0.2, 0) is 11.3 Å². The van der Waals surface area contributed by atoms with Crippen LogP contribution in [0.25, 0.3) is 11.1 Å². The van der Waals surface area contributed by atoms with Crippen molar-refractivity contribution in [2.45, 2.75) is 12.6 Å². The highest BCUT2D eigenvalue weighted by Crippen LogP contribution is 2.29. The molecule has 0 amide bonds. The SMILES string of the molecule is COCC(O)CN(C)Cc1ccc(-c2ccccc2OC)cc1. The van der Waals surface area contributed by atoms with Crippen molar-refractivity contribution in [1.82, 2.24) is 4.90 Å².